The summed E-state index contributed by atoms with van der Waals surface area (Å²) in [6.45, 7) is 5.68. The Morgan fingerprint density at radius 1 is 0.975 bits per heavy atom. The molecular formula is C29H32Cl2IN3O4S. The van der Waals surface area contributed by atoms with Gasteiger partial charge in [-0.05, 0) is 89.0 Å². The van der Waals surface area contributed by atoms with Gasteiger partial charge in [0, 0.05) is 26.7 Å². The highest BCUT2D eigenvalue weighted by atomic mass is 127. The summed E-state index contributed by atoms with van der Waals surface area (Å²) in [5.41, 5.74) is 0.917. The van der Waals surface area contributed by atoms with Crippen molar-refractivity contribution >= 4 is 73.3 Å². The zero-order chi connectivity index (χ0) is 29.4. The third-order valence-corrected chi connectivity index (χ3v) is 9.25. The summed E-state index contributed by atoms with van der Waals surface area (Å²) in [5.74, 6) is -0.652. The lowest BCUT2D eigenvalue weighted by atomic mass is 10.1. The lowest BCUT2D eigenvalue weighted by Gasteiger charge is -2.33. The van der Waals surface area contributed by atoms with Crippen LogP contribution in [0.5, 0.6) is 0 Å². The van der Waals surface area contributed by atoms with Crippen LogP contribution < -0.4 is 9.62 Å². The molecular weight excluding hydrogens is 684 g/mol. The van der Waals surface area contributed by atoms with Crippen LogP contribution in [0.25, 0.3) is 0 Å². The molecule has 0 fully saturated rings. The number of anilines is 1. The summed E-state index contributed by atoms with van der Waals surface area (Å²) >= 11 is 14.7. The summed E-state index contributed by atoms with van der Waals surface area (Å²) in [4.78, 5) is 28.8. The fraction of sp³-hybridized carbons (Fsp3) is 0.310. The van der Waals surface area contributed by atoms with Gasteiger partial charge < -0.3 is 10.2 Å². The normalized spacial score (nSPS) is 12.2. The van der Waals surface area contributed by atoms with Gasteiger partial charge in [-0.25, -0.2) is 8.42 Å². The second-order valence-electron chi connectivity index (χ2n) is 9.62. The zero-order valence-electron chi connectivity index (χ0n) is 22.5. The van der Waals surface area contributed by atoms with Crippen LogP contribution in [-0.4, -0.2) is 44.3 Å². The van der Waals surface area contributed by atoms with E-state index in [2.05, 4.69) is 27.9 Å². The van der Waals surface area contributed by atoms with Gasteiger partial charge in [-0.3, -0.25) is 13.9 Å². The predicted octanol–water partition coefficient (Wildman–Crippen LogP) is 6.37. The van der Waals surface area contributed by atoms with E-state index in [1.54, 1.807) is 67.6 Å². The standard InChI is InChI=1S/C29H32Cl2IN3O4S/c1-4-27(29(37)33-17-20(2)3)34(18-21-10-11-22(30)16-26(21)31)28(36)19-35(24-14-12-23(32)13-15-24)40(38,39)25-8-6-5-7-9-25/h5-16,20,27H,4,17-19H2,1-3H3,(H,33,37)/t27-/m1/s1. The number of halogens is 3. The number of rotatable bonds is 12. The van der Waals surface area contributed by atoms with Gasteiger partial charge in [0.05, 0.1) is 10.6 Å². The molecule has 0 radical (unpaired) electrons. The van der Waals surface area contributed by atoms with Crippen molar-refractivity contribution < 1.29 is 18.0 Å². The van der Waals surface area contributed by atoms with E-state index in [-0.39, 0.29) is 23.3 Å². The first-order valence-electron chi connectivity index (χ1n) is 12.8. The molecule has 0 spiro atoms. The van der Waals surface area contributed by atoms with E-state index in [4.69, 9.17) is 23.2 Å². The molecule has 11 heteroatoms. The first kappa shape index (κ1) is 32.2. The van der Waals surface area contributed by atoms with Crippen molar-refractivity contribution in [3.8, 4) is 0 Å². The first-order valence-corrected chi connectivity index (χ1v) is 16.1. The molecule has 0 saturated carbocycles. The number of benzene rings is 3. The Morgan fingerprint density at radius 2 is 1.62 bits per heavy atom. The Morgan fingerprint density at radius 3 is 2.20 bits per heavy atom. The van der Waals surface area contributed by atoms with Gasteiger partial charge in [0.1, 0.15) is 12.6 Å². The van der Waals surface area contributed by atoms with E-state index in [0.29, 0.717) is 34.3 Å². The minimum Gasteiger partial charge on any atom is -0.354 e. The van der Waals surface area contributed by atoms with Crippen molar-refractivity contribution in [1.82, 2.24) is 10.2 Å². The van der Waals surface area contributed by atoms with Crippen molar-refractivity contribution in [3.63, 3.8) is 0 Å². The number of carbonyl (C=O) groups excluding carboxylic acids is 2. The van der Waals surface area contributed by atoms with Gasteiger partial charge in [-0.15, -0.1) is 0 Å². The Kier molecular flexibility index (Phi) is 11.7. The molecule has 0 aliphatic heterocycles. The second-order valence-corrected chi connectivity index (χ2v) is 13.6. The maximum atomic E-state index is 14.1. The highest BCUT2D eigenvalue weighted by Gasteiger charge is 2.34. The highest BCUT2D eigenvalue weighted by molar-refractivity contribution is 14.1. The fourth-order valence-electron chi connectivity index (χ4n) is 4.03. The number of hydrogen-bond donors (Lipinski definition) is 1. The minimum atomic E-state index is -4.12. The first-order chi connectivity index (χ1) is 18.9. The Hall–Kier alpha value is -2.34. The van der Waals surface area contributed by atoms with Gasteiger partial charge in [-0.2, -0.15) is 0 Å². The minimum absolute atomic E-state index is 0.00560. The molecule has 7 nitrogen and oxygen atoms in total. The average molecular weight is 716 g/mol. The number of hydrogen-bond acceptors (Lipinski definition) is 4. The summed E-state index contributed by atoms with van der Waals surface area (Å²) < 4.78 is 29.6. The summed E-state index contributed by atoms with van der Waals surface area (Å²) in [6, 6.07) is 18.9. The number of nitrogens with one attached hydrogen (secondary N) is 1. The Bertz CT molecular complexity index is 1420. The zero-order valence-corrected chi connectivity index (χ0v) is 27.0. The molecule has 0 saturated heterocycles. The molecule has 1 N–H and O–H groups in total. The average Bonchev–Trinajstić information content (AvgIpc) is 2.92. The van der Waals surface area contributed by atoms with Crippen LogP contribution in [0.4, 0.5) is 5.69 Å². The number of amides is 2. The Balaban J connectivity index is 2.05. The Labute approximate surface area is 260 Å². The lowest BCUT2D eigenvalue weighted by molar-refractivity contribution is -0.140. The van der Waals surface area contributed by atoms with Crippen LogP contribution in [-0.2, 0) is 26.2 Å². The van der Waals surface area contributed by atoms with Crippen molar-refractivity contribution in [2.45, 2.75) is 44.7 Å². The topological polar surface area (TPSA) is 86.8 Å². The van der Waals surface area contributed by atoms with Gasteiger partial charge >= 0.3 is 0 Å². The maximum absolute atomic E-state index is 14.1. The number of nitrogens with zero attached hydrogens (tertiary/aromatic N) is 2. The smallest absolute Gasteiger partial charge is 0.264 e. The molecule has 214 valence electrons. The SMILES string of the molecule is CC[C@H](C(=O)NCC(C)C)N(Cc1ccc(Cl)cc1Cl)C(=O)CN(c1ccc(I)cc1)S(=O)(=O)c1ccccc1. The monoisotopic (exact) mass is 715 g/mol. The number of carbonyl (C=O) groups is 2. The molecule has 40 heavy (non-hydrogen) atoms. The van der Waals surface area contributed by atoms with Crippen LogP contribution in [0.1, 0.15) is 32.8 Å². The molecule has 0 unspecified atom stereocenters. The highest BCUT2D eigenvalue weighted by Crippen LogP contribution is 2.27. The van der Waals surface area contributed by atoms with Crippen LogP contribution in [0.15, 0.2) is 77.7 Å². The molecule has 3 aromatic rings. The fourth-order valence-corrected chi connectivity index (χ4v) is 6.29. The second kappa shape index (κ2) is 14.5. The van der Waals surface area contributed by atoms with Gasteiger partial charge in [0.2, 0.25) is 11.8 Å². The third kappa shape index (κ3) is 8.34. The molecule has 0 aliphatic carbocycles. The van der Waals surface area contributed by atoms with E-state index in [9.17, 15) is 18.0 Å². The molecule has 0 aliphatic rings. The van der Waals surface area contributed by atoms with Crippen LogP contribution >= 0.6 is 45.8 Å². The molecule has 3 rings (SSSR count). The molecule has 3 aromatic carbocycles. The largest absolute Gasteiger partial charge is 0.354 e. The van der Waals surface area contributed by atoms with Crippen molar-refractivity contribution in [2.24, 2.45) is 5.92 Å². The molecule has 0 bridgehead atoms. The van der Waals surface area contributed by atoms with Crippen molar-refractivity contribution in [1.29, 1.82) is 0 Å². The molecule has 1 atom stereocenters. The van der Waals surface area contributed by atoms with Crippen molar-refractivity contribution in [2.75, 3.05) is 17.4 Å². The summed E-state index contributed by atoms with van der Waals surface area (Å²) in [6.07, 6.45) is 0.315. The maximum Gasteiger partial charge on any atom is 0.264 e. The summed E-state index contributed by atoms with van der Waals surface area (Å²) in [7, 11) is -4.12. The molecule has 0 heterocycles. The lowest BCUT2D eigenvalue weighted by Crippen LogP contribution is -2.52. The molecule has 2 amide bonds. The van der Waals surface area contributed by atoms with Crippen LogP contribution in [0, 0.1) is 9.49 Å². The van der Waals surface area contributed by atoms with E-state index in [1.165, 1.54) is 17.0 Å². The van der Waals surface area contributed by atoms with Gasteiger partial charge in [-0.1, -0.05) is 68.2 Å². The third-order valence-electron chi connectivity index (χ3n) is 6.15. The van der Waals surface area contributed by atoms with E-state index in [0.717, 1.165) is 7.88 Å². The van der Waals surface area contributed by atoms with Crippen molar-refractivity contribution in [3.05, 3.63) is 92.0 Å². The molecule has 0 aromatic heterocycles. The number of sulfonamides is 1. The van der Waals surface area contributed by atoms with Gasteiger partial charge in [0.25, 0.3) is 10.0 Å². The van der Waals surface area contributed by atoms with E-state index >= 15 is 0 Å². The van der Waals surface area contributed by atoms with Crippen LogP contribution in [0.3, 0.4) is 0 Å². The van der Waals surface area contributed by atoms with Gasteiger partial charge in [0.15, 0.2) is 0 Å². The van der Waals surface area contributed by atoms with E-state index in [1.807, 2.05) is 13.8 Å². The van der Waals surface area contributed by atoms with Crippen LogP contribution in [0.2, 0.25) is 10.0 Å². The quantitative estimate of drug-likeness (QED) is 0.221. The summed E-state index contributed by atoms with van der Waals surface area (Å²) in [5, 5.41) is 3.68. The van der Waals surface area contributed by atoms with E-state index < -0.39 is 28.5 Å². The predicted molar refractivity (Wildman–Crippen MR) is 169 cm³/mol.